The van der Waals surface area contributed by atoms with Gasteiger partial charge in [0.2, 0.25) is 0 Å². The van der Waals surface area contributed by atoms with E-state index in [0.29, 0.717) is 16.2 Å². The zero-order valence-corrected chi connectivity index (χ0v) is 11.0. The van der Waals surface area contributed by atoms with E-state index in [1.165, 1.54) is 19.7 Å². The van der Waals surface area contributed by atoms with Crippen LogP contribution in [-0.4, -0.2) is 32.0 Å². The SMILES string of the molecule is CNc1nc(Sc2ncnc3nc[nH]c23)c(F)cc1F. The van der Waals surface area contributed by atoms with E-state index in [4.69, 9.17) is 0 Å². The lowest BCUT2D eigenvalue weighted by atomic mass is 10.4. The molecule has 0 aliphatic carbocycles. The first kappa shape index (κ1) is 12.7. The lowest BCUT2D eigenvalue weighted by Crippen LogP contribution is -2.00. The quantitative estimate of drug-likeness (QED) is 0.721. The zero-order valence-electron chi connectivity index (χ0n) is 10.2. The predicted molar refractivity (Wildman–Crippen MR) is 69.5 cm³/mol. The average molecular weight is 294 g/mol. The van der Waals surface area contributed by atoms with Gasteiger partial charge < -0.3 is 10.3 Å². The highest BCUT2D eigenvalue weighted by molar-refractivity contribution is 7.99. The van der Waals surface area contributed by atoms with Gasteiger partial charge in [-0.25, -0.2) is 28.7 Å². The van der Waals surface area contributed by atoms with E-state index in [-0.39, 0.29) is 10.8 Å². The van der Waals surface area contributed by atoms with Crippen LogP contribution in [0.3, 0.4) is 0 Å². The molecule has 0 aliphatic heterocycles. The third-order valence-corrected chi connectivity index (χ3v) is 3.50. The van der Waals surface area contributed by atoms with Gasteiger partial charge in [0.15, 0.2) is 23.1 Å². The number of nitrogens with zero attached hydrogens (tertiary/aromatic N) is 4. The van der Waals surface area contributed by atoms with Crippen LogP contribution in [0.2, 0.25) is 0 Å². The standard InChI is InChI=1S/C11H8F2N6S/c1-14-8-5(12)2-6(13)10(19-8)20-11-7-9(16-3-15-7)17-4-18-11/h2-4H,1H3,(H,14,19)(H,15,16,17,18). The second-order valence-electron chi connectivity index (χ2n) is 3.74. The smallest absolute Gasteiger partial charge is 0.181 e. The summed E-state index contributed by atoms with van der Waals surface area (Å²) in [6.45, 7) is 0. The monoisotopic (exact) mass is 294 g/mol. The highest BCUT2D eigenvalue weighted by Gasteiger charge is 2.15. The molecule has 0 bridgehead atoms. The van der Waals surface area contributed by atoms with Crippen molar-refractivity contribution in [2.24, 2.45) is 0 Å². The molecular weight excluding hydrogens is 286 g/mol. The Labute approximate surface area is 116 Å². The van der Waals surface area contributed by atoms with E-state index < -0.39 is 11.6 Å². The number of rotatable bonds is 3. The molecule has 9 heteroatoms. The Kier molecular flexibility index (Phi) is 3.18. The highest BCUT2D eigenvalue weighted by Crippen LogP contribution is 2.31. The molecule has 0 radical (unpaired) electrons. The minimum Gasteiger partial charge on any atom is -0.371 e. The molecule has 0 atom stereocenters. The highest BCUT2D eigenvalue weighted by atomic mass is 32.2. The van der Waals surface area contributed by atoms with Crippen molar-refractivity contribution in [3.8, 4) is 0 Å². The van der Waals surface area contributed by atoms with Gasteiger partial charge in [0.05, 0.1) is 6.33 Å². The number of hydrogen-bond acceptors (Lipinski definition) is 6. The van der Waals surface area contributed by atoms with Crippen LogP contribution in [0.4, 0.5) is 14.6 Å². The Morgan fingerprint density at radius 1 is 1.15 bits per heavy atom. The van der Waals surface area contributed by atoms with Crippen LogP contribution in [0.15, 0.2) is 28.8 Å². The molecule has 0 saturated carbocycles. The third-order valence-electron chi connectivity index (χ3n) is 2.52. The van der Waals surface area contributed by atoms with Gasteiger partial charge in [-0.3, -0.25) is 0 Å². The average Bonchev–Trinajstić information content (AvgIpc) is 2.91. The lowest BCUT2D eigenvalue weighted by Gasteiger charge is -2.06. The fraction of sp³-hybridized carbons (Fsp3) is 0.0909. The molecule has 2 N–H and O–H groups in total. The molecule has 0 amide bonds. The Morgan fingerprint density at radius 3 is 2.80 bits per heavy atom. The fourth-order valence-corrected chi connectivity index (χ4v) is 2.44. The summed E-state index contributed by atoms with van der Waals surface area (Å²) in [7, 11) is 1.51. The molecule has 0 saturated heterocycles. The molecule has 6 nitrogen and oxygen atoms in total. The van der Waals surface area contributed by atoms with Gasteiger partial charge in [-0.05, 0) is 11.8 Å². The molecule has 3 aromatic rings. The normalized spacial score (nSPS) is 10.9. The van der Waals surface area contributed by atoms with Crippen molar-refractivity contribution in [3.05, 3.63) is 30.4 Å². The van der Waals surface area contributed by atoms with Gasteiger partial charge >= 0.3 is 0 Å². The molecule has 0 fully saturated rings. The molecule has 0 aliphatic rings. The summed E-state index contributed by atoms with van der Waals surface area (Å²) in [5.74, 6) is -1.52. The van der Waals surface area contributed by atoms with Crippen LogP contribution in [0.25, 0.3) is 11.2 Å². The Hall–Kier alpha value is -2.29. The third kappa shape index (κ3) is 2.16. The maximum absolute atomic E-state index is 13.8. The molecular formula is C11H8F2N6S. The number of fused-ring (bicyclic) bond motifs is 1. The number of hydrogen-bond donors (Lipinski definition) is 2. The van der Waals surface area contributed by atoms with Gasteiger partial charge in [-0.1, -0.05) is 0 Å². The summed E-state index contributed by atoms with van der Waals surface area (Å²) in [6, 6.07) is 0.784. The second kappa shape index (κ2) is 5.00. The van der Waals surface area contributed by atoms with E-state index in [1.54, 1.807) is 0 Å². The predicted octanol–water partition coefficient (Wildman–Crippen LogP) is 2.22. The van der Waals surface area contributed by atoms with Gasteiger partial charge in [0, 0.05) is 13.1 Å². The van der Waals surface area contributed by atoms with Crippen molar-refractivity contribution in [2.45, 2.75) is 10.1 Å². The van der Waals surface area contributed by atoms with Crippen LogP contribution in [0.5, 0.6) is 0 Å². The summed E-state index contributed by atoms with van der Waals surface area (Å²) < 4.78 is 27.1. The zero-order chi connectivity index (χ0) is 14.1. The first-order chi connectivity index (χ1) is 9.69. The first-order valence-corrected chi connectivity index (χ1v) is 6.36. The lowest BCUT2D eigenvalue weighted by molar-refractivity contribution is 0.551. The van der Waals surface area contributed by atoms with Crippen LogP contribution < -0.4 is 5.32 Å². The van der Waals surface area contributed by atoms with E-state index in [1.807, 2.05) is 0 Å². The fourth-order valence-electron chi connectivity index (χ4n) is 1.61. The molecule has 0 spiro atoms. The van der Waals surface area contributed by atoms with Crippen LogP contribution in [0, 0.1) is 11.6 Å². The second-order valence-corrected chi connectivity index (χ2v) is 4.72. The van der Waals surface area contributed by atoms with Crippen molar-refractivity contribution in [1.29, 1.82) is 0 Å². The number of pyridine rings is 1. The van der Waals surface area contributed by atoms with Crippen LogP contribution in [0.1, 0.15) is 0 Å². The van der Waals surface area contributed by atoms with Crippen LogP contribution in [-0.2, 0) is 0 Å². The van der Waals surface area contributed by atoms with Gasteiger partial charge in [-0.2, -0.15) is 0 Å². The molecule has 102 valence electrons. The number of aromatic amines is 1. The van der Waals surface area contributed by atoms with E-state index in [0.717, 1.165) is 17.8 Å². The number of H-pyrrole nitrogens is 1. The number of aromatic nitrogens is 5. The van der Waals surface area contributed by atoms with Crippen molar-refractivity contribution in [1.82, 2.24) is 24.9 Å². The number of imidazole rings is 1. The summed E-state index contributed by atoms with van der Waals surface area (Å²) >= 11 is 0.971. The topological polar surface area (TPSA) is 79.4 Å². The van der Waals surface area contributed by atoms with E-state index in [2.05, 4.69) is 30.2 Å². The Balaban J connectivity index is 2.05. The number of halogens is 2. The summed E-state index contributed by atoms with van der Waals surface area (Å²) in [5.41, 5.74) is 1.05. The van der Waals surface area contributed by atoms with Crippen molar-refractivity contribution in [3.63, 3.8) is 0 Å². The maximum atomic E-state index is 13.8. The molecule has 3 aromatic heterocycles. The van der Waals surface area contributed by atoms with Gasteiger partial charge in [-0.15, -0.1) is 0 Å². The molecule has 20 heavy (non-hydrogen) atoms. The summed E-state index contributed by atoms with van der Waals surface area (Å²) in [4.78, 5) is 18.8. The molecule has 0 unspecified atom stereocenters. The summed E-state index contributed by atoms with van der Waals surface area (Å²) in [6.07, 6.45) is 2.79. The van der Waals surface area contributed by atoms with E-state index >= 15 is 0 Å². The van der Waals surface area contributed by atoms with Gasteiger partial charge in [0.1, 0.15) is 21.9 Å². The number of anilines is 1. The minimum atomic E-state index is -0.752. The number of nitrogens with one attached hydrogen (secondary N) is 2. The molecule has 3 heterocycles. The molecule has 0 aromatic carbocycles. The first-order valence-electron chi connectivity index (χ1n) is 5.54. The van der Waals surface area contributed by atoms with Crippen LogP contribution >= 0.6 is 11.8 Å². The van der Waals surface area contributed by atoms with Crippen molar-refractivity contribution < 1.29 is 8.78 Å². The summed E-state index contributed by atoms with van der Waals surface area (Å²) in [5, 5.41) is 3.05. The van der Waals surface area contributed by atoms with Gasteiger partial charge in [0.25, 0.3) is 0 Å². The molecule has 3 rings (SSSR count). The van der Waals surface area contributed by atoms with E-state index in [9.17, 15) is 8.78 Å². The minimum absolute atomic E-state index is 0.0188. The van der Waals surface area contributed by atoms with Crippen molar-refractivity contribution >= 4 is 28.7 Å². The maximum Gasteiger partial charge on any atom is 0.181 e. The Morgan fingerprint density at radius 2 is 2.00 bits per heavy atom. The van der Waals surface area contributed by atoms with Crippen molar-refractivity contribution in [2.75, 3.05) is 12.4 Å². The Bertz CT molecular complexity index is 775. The largest absolute Gasteiger partial charge is 0.371 e.